The average Bonchev–Trinajstić information content (AvgIpc) is 3.24. The number of halogens is 3. The van der Waals surface area contributed by atoms with Crippen molar-refractivity contribution in [2.24, 2.45) is 5.10 Å². The molecule has 0 bridgehead atoms. The molecule has 5 nitrogen and oxygen atoms in total. The SMILES string of the molecule is CC.CCCCCC[NH+](C)NC(=O)C1=NN(c2ccc(Cl)cc2Cl)C(c2ccc(Br)cc2)C1. The van der Waals surface area contributed by atoms with Gasteiger partial charge in [-0.2, -0.15) is 10.5 Å². The average molecular weight is 557 g/mol. The molecular weight excluding hydrogens is 523 g/mol. The normalized spacial score (nSPS) is 16.0. The van der Waals surface area contributed by atoms with Crippen LogP contribution in [0.3, 0.4) is 0 Å². The highest BCUT2D eigenvalue weighted by Crippen LogP contribution is 2.39. The van der Waals surface area contributed by atoms with Crippen LogP contribution in [0.25, 0.3) is 0 Å². The number of rotatable bonds is 9. The summed E-state index contributed by atoms with van der Waals surface area (Å²) in [6.45, 7) is 7.08. The molecule has 2 aromatic carbocycles. The number of nitrogens with one attached hydrogen (secondary N) is 2. The predicted molar refractivity (Wildman–Crippen MR) is 143 cm³/mol. The zero-order chi connectivity index (χ0) is 24.4. The zero-order valence-corrected chi connectivity index (χ0v) is 22.9. The van der Waals surface area contributed by atoms with E-state index in [1.165, 1.54) is 19.3 Å². The van der Waals surface area contributed by atoms with E-state index in [0.29, 0.717) is 22.2 Å². The molecule has 0 fully saturated rings. The third kappa shape index (κ3) is 7.99. The summed E-state index contributed by atoms with van der Waals surface area (Å²) in [7, 11) is 1.97. The maximum absolute atomic E-state index is 12.9. The number of unbranched alkanes of at least 4 members (excludes halogenated alkanes) is 3. The van der Waals surface area contributed by atoms with E-state index in [2.05, 4.69) is 33.4 Å². The molecular formula is C25H34BrCl2N4O+. The Balaban J connectivity index is 0.00000187. The van der Waals surface area contributed by atoms with Gasteiger partial charge in [0.05, 0.1) is 30.3 Å². The van der Waals surface area contributed by atoms with Crippen LogP contribution < -0.4 is 15.4 Å². The topological polar surface area (TPSA) is 49.1 Å². The van der Waals surface area contributed by atoms with Crippen LogP contribution in [-0.2, 0) is 4.79 Å². The summed E-state index contributed by atoms with van der Waals surface area (Å²) in [4.78, 5) is 12.9. The highest BCUT2D eigenvalue weighted by Gasteiger charge is 2.34. The molecule has 2 aromatic rings. The molecule has 33 heavy (non-hydrogen) atoms. The standard InChI is InChI=1S/C23H27BrCl2N4O.C2H6/c1-3-4-5-6-13-29(2)28-23(31)20-15-22(16-7-9-17(24)10-8-16)30(27-20)21-12-11-18(25)14-19(21)26;1-2/h7-12,14,22H,3-6,13,15H2,1-2H3,(H,28,31);1-2H3/p+1. The van der Waals surface area contributed by atoms with Gasteiger partial charge >= 0.3 is 5.91 Å². The first-order chi connectivity index (χ1) is 15.9. The molecule has 2 N–H and O–H groups in total. The van der Waals surface area contributed by atoms with Gasteiger partial charge in [0.15, 0.2) is 0 Å². The number of quaternary nitrogens is 1. The van der Waals surface area contributed by atoms with E-state index >= 15 is 0 Å². The second-order valence-corrected chi connectivity index (χ2v) is 9.56. The number of benzene rings is 2. The molecule has 2 atom stereocenters. The van der Waals surface area contributed by atoms with Crippen molar-refractivity contribution >= 4 is 56.4 Å². The Morgan fingerprint density at radius 3 is 2.48 bits per heavy atom. The van der Waals surface area contributed by atoms with Crippen LogP contribution in [0.2, 0.25) is 10.0 Å². The number of anilines is 1. The Kier molecular flexibility index (Phi) is 11.7. The van der Waals surface area contributed by atoms with E-state index in [1.54, 1.807) is 12.1 Å². The van der Waals surface area contributed by atoms with Crippen LogP contribution in [0.4, 0.5) is 5.69 Å². The molecule has 8 heteroatoms. The lowest BCUT2D eigenvalue weighted by atomic mass is 10.0. The van der Waals surface area contributed by atoms with Gasteiger partial charge in [0.1, 0.15) is 5.71 Å². The van der Waals surface area contributed by atoms with Crippen molar-refractivity contribution in [3.63, 3.8) is 0 Å². The molecule has 0 saturated heterocycles. The molecule has 0 radical (unpaired) electrons. The molecule has 1 heterocycles. The monoisotopic (exact) mass is 555 g/mol. The van der Waals surface area contributed by atoms with E-state index in [9.17, 15) is 4.79 Å². The Labute approximate surface area is 216 Å². The zero-order valence-electron chi connectivity index (χ0n) is 19.8. The van der Waals surface area contributed by atoms with Gasteiger partial charge in [0, 0.05) is 15.9 Å². The fraction of sp³-hybridized carbons (Fsp3) is 0.440. The first-order valence-corrected chi connectivity index (χ1v) is 13.1. The van der Waals surface area contributed by atoms with E-state index in [1.807, 2.05) is 56.2 Å². The van der Waals surface area contributed by atoms with E-state index in [4.69, 9.17) is 23.2 Å². The minimum atomic E-state index is -0.150. The number of hydrogen-bond donors (Lipinski definition) is 2. The lowest BCUT2D eigenvalue weighted by molar-refractivity contribution is -0.916. The van der Waals surface area contributed by atoms with Crippen molar-refractivity contribution in [2.75, 3.05) is 18.6 Å². The highest BCUT2D eigenvalue weighted by molar-refractivity contribution is 9.10. The van der Waals surface area contributed by atoms with Crippen molar-refractivity contribution in [3.05, 3.63) is 62.5 Å². The smallest absolute Gasteiger partial charge is 0.263 e. The van der Waals surface area contributed by atoms with Gasteiger partial charge in [-0.1, -0.05) is 84.9 Å². The molecule has 1 aliphatic rings. The van der Waals surface area contributed by atoms with E-state index < -0.39 is 0 Å². The molecule has 0 aromatic heterocycles. The molecule has 2 unspecified atom stereocenters. The van der Waals surface area contributed by atoms with Crippen molar-refractivity contribution in [3.8, 4) is 0 Å². The highest BCUT2D eigenvalue weighted by atomic mass is 79.9. The fourth-order valence-corrected chi connectivity index (χ4v) is 4.39. The van der Waals surface area contributed by atoms with E-state index in [-0.39, 0.29) is 11.9 Å². The van der Waals surface area contributed by atoms with Crippen LogP contribution in [0, 0.1) is 0 Å². The first kappa shape index (κ1) is 27.6. The first-order valence-electron chi connectivity index (χ1n) is 11.6. The Hall–Kier alpha value is -1.60. The van der Waals surface area contributed by atoms with Gasteiger partial charge in [-0.25, -0.2) is 5.01 Å². The van der Waals surface area contributed by atoms with Crippen LogP contribution >= 0.6 is 39.1 Å². The molecule has 1 aliphatic heterocycles. The lowest BCUT2D eigenvalue weighted by Gasteiger charge is -2.25. The van der Waals surface area contributed by atoms with Crippen molar-refractivity contribution in [1.29, 1.82) is 0 Å². The Morgan fingerprint density at radius 1 is 1.15 bits per heavy atom. The quantitative estimate of drug-likeness (QED) is 0.285. The van der Waals surface area contributed by atoms with Crippen LogP contribution in [-0.4, -0.2) is 25.2 Å². The maximum Gasteiger partial charge on any atom is 0.312 e. The summed E-state index contributed by atoms with van der Waals surface area (Å²) in [6.07, 6.45) is 5.18. The molecule has 0 saturated carbocycles. The fourth-order valence-electron chi connectivity index (χ4n) is 3.63. The second kappa shape index (κ2) is 14.0. The van der Waals surface area contributed by atoms with Crippen LogP contribution in [0.15, 0.2) is 52.0 Å². The largest absolute Gasteiger partial charge is 0.312 e. The predicted octanol–water partition coefficient (Wildman–Crippen LogP) is 6.22. The summed E-state index contributed by atoms with van der Waals surface area (Å²) in [5.74, 6) is -0.150. The summed E-state index contributed by atoms with van der Waals surface area (Å²) in [5.41, 5.74) is 5.31. The molecule has 3 rings (SSSR count). The third-order valence-corrected chi connectivity index (χ3v) is 6.38. The third-order valence-electron chi connectivity index (χ3n) is 5.32. The number of nitrogens with zero attached hydrogens (tertiary/aromatic N) is 2. The Morgan fingerprint density at radius 2 is 1.85 bits per heavy atom. The summed E-state index contributed by atoms with van der Waals surface area (Å²) in [5, 5.41) is 8.54. The Bertz CT molecular complexity index is 937. The van der Waals surface area contributed by atoms with Gasteiger partial charge in [-0.15, -0.1) is 0 Å². The van der Waals surface area contributed by atoms with Crippen molar-refractivity contribution in [2.45, 2.75) is 58.9 Å². The summed E-state index contributed by atoms with van der Waals surface area (Å²) < 4.78 is 0.998. The maximum atomic E-state index is 12.9. The van der Waals surface area contributed by atoms with Gasteiger partial charge in [-0.05, 0) is 48.7 Å². The number of carbonyl (C=O) groups is 1. The summed E-state index contributed by atoms with van der Waals surface area (Å²) in [6, 6.07) is 13.2. The number of hydrazone groups is 1. The van der Waals surface area contributed by atoms with Gasteiger partial charge in [0.25, 0.3) is 0 Å². The van der Waals surface area contributed by atoms with Crippen LogP contribution in [0.1, 0.15) is 64.5 Å². The number of amides is 1. The molecule has 1 amide bonds. The lowest BCUT2D eigenvalue weighted by Crippen LogP contribution is -3.16. The molecule has 180 valence electrons. The summed E-state index contributed by atoms with van der Waals surface area (Å²) >= 11 is 16.0. The van der Waals surface area contributed by atoms with E-state index in [0.717, 1.165) is 33.7 Å². The number of hydrogen-bond acceptors (Lipinski definition) is 3. The number of carbonyl (C=O) groups excluding carboxylic acids is 1. The van der Waals surface area contributed by atoms with Gasteiger partial charge in [0.2, 0.25) is 0 Å². The van der Waals surface area contributed by atoms with Crippen molar-refractivity contribution in [1.82, 2.24) is 5.43 Å². The van der Waals surface area contributed by atoms with Gasteiger partial charge in [-0.3, -0.25) is 9.80 Å². The molecule has 0 aliphatic carbocycles. The van der Waals surface area contributed by atoms with Crippen LogP contribution in [0.5, 0.6) is 0 Å². The molecule has 0 spiro atoms. The minimum absolute atomic E-state index is 0.127. The van der Waals surface area contributed by atoms with Crippen molar-refractivity contribution < 1.29 is 9.80 Å². The second-order valence-electron chi connectivity index (χ2n) is 7.80. The van der Waals surface area contributed by atoms with Gasteiger partial charge < -0.3 is 0 Å². The minimum Gasteiger partial charge on any atom is -0.263 e.